The van der Waals surface area contributed by atoms with Crippen LogP contribution in [0.15, 0.2) is 66.7 Å². The van der Waals surface area contributed by atoms with Crippen LogP contribution in [0.4, 0.5) is 5.69 Å². The summed E-state index contributed by atoms with van der Waals surface area (Å²) in [7, 11) is 1.55. The maximum absolute atomic E-state index is 12.3. The van der Waals surface area contributed by atoms with Crippen LogP contribution in [0.5, 0.6) is 17.2 Å². The van der Waals surface area contributed by atoms with Gasteiger partial charge >= 0.3 is 0 Å². The van der Waals surface area contributed by atoms with Crippen molar-refractivity contribution in [2.75, 3.05) is 12.4 Å². The van der Waals surface area contributed by atoms with E-state index in [0.717, 1.165) is 11.3 Å². The zero-order valence-electron chi connectivity index (χ0n) is 18.6. The van der Waals surface area contributed by atoms with E-state index in [9.17, 15) is 4.79 Å². The molecule has 0 fully saturated rings. The Morgan fingerprint density at radius 3 is 2.33 bits per heavy atom. The van der Waals surface area contributed by atoms with E-state index in [1.165, 1.54) is 6.08 Å². The van der Waals surface area contributed by atoms with Crippen LogP contribution in [0.2, 0.25) is 10.0 Å². The summed E-state index contributed by atoms with van der Waals surface area (Å²) in [6.07, 6.45) is 3.25. The molecule has 0 radical (unpaired) electrons. The zero-order chi connectivity index (χ0) is 23.8. The lowest BCUT2D eigenvalue weighted by Gasteiger charge is -2.13. The molecule has 0 aliphatic carbocycles. The Hall–Kier alpha value is -3.15. The lowest BCUT2D eigenvalue weighted by Crippen LogP contribution is -2.08. The first-order valence-electron chi connectivity index (χ1n) is 10.3. The summed E-state index contributed by atoms with van der Waals surface area (Å²) >= 11 is 12.4. The third kappa shape index (κ3) is 7.17. The molecule has 3 rings (SSSR count). The third-order valence-corrected chi connectivity index (χ3v) is 5.25. The molecule has 0 heterocycles. The molecule has 7 heteroatoms. The third-order valence-electron chi connectivity index (χ3n) is 4.54. The Morgan fingerprint density at radius 2 is 1.70 bits per heavy atom. The van der Waals surface area contributed by atoms with E-state index in [2.05, 4.69) is 5.32 Å². The number of carbonyl (C=O) groups excluding carboxylic acids is 1. The van der Waals surface area contributed by atoms with Crippen molar-refractivity contribution in [3.63, 3.8) is 0 Å². The van der Waals surface area contributed by atoms with Gasteiger partial charge in [-0.3, -0.25) is 4.79 Å². The van der Waals surface area contributed by atoms with Crippen molar-refractivity contribution in [1.82, 2.24) is 0 Å². The molecule has 0 aliphatic heterocycles. The summed E-state index contributed by atoms with van der Waals surface area (Å²) in [6.45, 7) is 4.12. The minimum atomic E-state index is -0.250. The van der Waals surface area contributed by atoms with Crippen molar-refractivity contribution in [1.29, 1.82) is 0 Å². The number of amides is 1. The Morgan fingerprint density at radius 1 is 1.00 bits per heavy atom. The van der Waals surface area contributed by atoms with Crippen LogP contribution >= 0.6 is 23.2 Å². The standard InChI is InChI=1S/C26H25Cl2NO4/c1-17(2)33-20-11-9-19(10-12-20)29-26(30)14-8-18-7-13-24(25(15-18)31-3)32-16-21-22(27)5-4-6-23(21)28/h4-15,17H,16H2,1-3H3,(H,29,30)/b14-8+. The SMILES string of the molecule is COc1cc(/C=C/C(=O)Nc2ccc(OC(C)C)cc2)ccc1OCc1c(Cl)cccc1Cl. The molecule has 33 heavy (non-hydrogen) atoms. The molecule has 3 aromatic carbocycles. The van der Waals surface area contributed by atoms with Gasteiger partial charge in [0.05, 0.1) is 13.2 Å². The first kappa shape index (κ1) is 24.5. The fourth-order valence-electron chi connectivity index (χ4n) is 2.97. The summed E-state index contributed by atoms with van der Waals surface area (Å²) in [5.41, 5.74) is 2.17. The Labute approximate surface area is 203 Å². The first-order valence-corrected chi connectivity index (χ1v) is 11.1. The quantitative estimate of drug-likeness (QED) is 0.330. The predicted molar refractivity (Wildman–Crippen MR) is 134 cm³/mol. The highest BCUT2D eigenvalue weighted by atomic mass is 35.5. The molecule has 1 amide bonds. The van der Waals surface area contributed by atoms with E-state index in [1.54, 1.807) is 55.7 Å². The van der Waals surface area contributed by atoms with Crippen LogP contribution in [-0.2, 0) is 11.4 Å². The van der Waals surface area contributed by atoms with Gasteiger partial charge in [-0.25, -0.2) is 0 Å². The fourth-order valence-corrected chi connectivity index (χ4v) is 3.48. The van der Waals surface area contributed by atoms with E-state index in [4.69, 9.17) is 37.4 Å². The van der Waals surface area contributed by atoms with E-state index in [0.29, 0.717) is 32.8 Å². The van der Waals surface area contributed by atoms with Crippen molar-refractivity contribution in [3.8, 4) is 17.2 Å². The van der Waals surface area contributed by atoms with Gasteiger partial charge in [0.25, 0.3) is 0 Å². The summed E-state index contributed by atoms with van der Waals surface area (Å²) < 4.78 is 16.9. The van der Waals surface area contributed by atoms with Crippen molar-refractivity contribution in [2.45, 2.75) is 26.6 Å². The van der Waals surface area contributed by atoms with E-state index >= 15 is 0 Å². The number of benzene rings is 3. The number of halogens is 2. The second-order valence-electron chi connectivity index (χ2n) is 7.41. The summed E-state index contributed by atoms with van der Waals surface area (Å²) in [4.78, 5) is 12.3. The fraction of sp³-hybridized carbons (Fsp3) is 0.192. The van der Waals surface area contributed by atoms with Gasteiger partial charge in [0.1, 0.15) is 12.4 Å². The lowest BCUT2D eigenvalue weighted by molar-refractivity contribution is -0.111. The smallest absolute Gasteiger partial charge is 0.248 e. The van der Waals surface area contributed by atoms with Gasteiger partial charge in [-0.05, 0) is 74.0 Å². The molecule has 0 aromatic heterocycles. The van der Waals surface area contributed by atoms with Gasteiger partial charge in [-0.1, -0.05) is 35.3 Å². The second kappa shape index (κ2) is 11.6. The molecule has 0 bridgehead atoms. The molecule has 0 spiro atoms. The van der Waals surface area contributed by atoms with Gasteiger partial charge in [0.15, 0.2) is 11.5 Å². The highest BCUT2D eigenvalue weighted by Gasteiger charge is 2.10. The van der Waals surface area contributed by atoms with Crippen LogP contribution in [0.3, 0.4) is 0 Å². The number of hydrogen-bond acceptors (Lipinski definition) is 4. The van der Waals surface area contributed by atoms with Gasteiger partial charge in [-0.2, -0.15) is 0 Å². The van der Waals surface area contributed by atoms with Gasteiger partial charge in [0.2, 0.25) is 5.91 Å². The van der Waals surface area contributed by atoms with Crippen LogP contribution in [0.25, 0.3) is 6.08 Å². The molecule has 0 atom stereocenters. The molecule has 0 saturated carbocycles. The monoisotopic (exact) mass is 485 g/mol. The number of hydrogen-bond donors (Lipinski definition) is 1. The van der Waals surface area contributed by atoms with E-state index < -0.39 is 0 Å². The summed E-state index contributed by atoms with van der Waals surface area (Å²) in [5, 5.41) is 3.89. The zero-order valence-corrected chi connectivity index (χ0v) is 20.1. The predicted octanol–water partition coefficient (Wildman–Crippen LogP) is 7.02. The van der Waals surface area contributed by atoms with Crippen LogP contribution in [-0.4, -0.2) is 19.1 Å². The van der Waals surface area contributed by atoms with Crippen LogP contribution in [0.1, 0.15) is 25.0 Å². The van der Waals surface area contributed by atoms with Gasteiger partial charge < -0.3 is 19.5 Å². The lowest BCUT2D eigenvalue weighted by atomic mass is 10.2. The topological polar surface area (TPSA) is 56.8 Å². The summed E-state index contributed by atoms with van der Waals surface area (Å²) in [6, 6.07) is 17.9. The molecular formula is C26H25Cl2NO4. The average Bonchev–Trinajstić information content (AvgIpc) is 2.78. The molecule has 5 nitrogen and oxygen atoms in total. The molecule has 0 unspecified atom stereocenters. The number of methoxy groups -OCH3 is 1. The number of carbonyl (C=O) groups is 1. The average molecular weight is 486 g/mol. The number of anilines is 1. The van der Waals surface area contributed by atoms with Crippen molar-refractivity contribution >= 4 is 40.9 Å². The molecular weight excluding hydrogens is 461 g/mol. The minimum Gasteiger partial charge on any atom is -0.493 e. The van der Waals surface area contributed by atoms with Crippen LogP contribution < -0.4 is 19.5 Å². The number of ether oxygens (including phenoxy) is 3. The largest absolute Gasteiger partial charge is 0.493 e. The molecule has 3 aromatic rings. The van der Waals surface area contributed by atoms with Crippen molar-refractivity contribution in [3.05, 3.63) is 87.9 Å². The maximum atomic E-state index is 12.3. The van der Waals surface area contributed by atoms with Crippen LogP contribution in [0, 0.1) is 0 Å². The van der Waals surface area contributed by atoms with Crippen molar-refractivity contribution in [2.24, 2.45) is 0 Å². The molecule has 0 saturated heterocycles. The minimum absolute atomic E-state index is 0.0936. The maximum Gasteiger partial charge on any atom is 0.248 e. The van der Waals surface area contributed by atoms with Crippen molar-refractivity contribution < 1.29 is 19.0 Å². The van der Waals surface area contributed by atoms with E-state index in [-0.39, 0.29) is 18.6 Å². The Kier molecular flexibility index (Phi) is 8.64. The Balaban J connectivity index is 1.62. The second-order valence-corrected chi connectivity index (χ2v) is 8.23. The first-order chi connectivity index (χ1) is 15.9. The molecule has 172 valence electrons. The number of nitrogens with one attached hydrogen (secondary N) is 1. The Bertz CT molecular complexity index is 1110. The van der Waals surface area contributed by atoms with Gasteiger partial charge in [-0.15, -0.1) is 0 Å². The number of rotatable bonds is 9. The highest BCUT2D eigenvalue weighted by molar-refractivity contribution is 6.35. The highest BCUT2D eigenvalue weighted by Crippen LogP contribution is 2.31. The van der Waals surface area contributed by atoms with Gasteiger partial charge in [0, 0.05) is 27.4 Å². The normalized spacial score (nSPS) is 11.0. The van der Waals surface area contributed by atoms with E-state index in [1.807, 2.05) is 32.0 Å². The summed E-state index contributed by atoms with van der Waals surface area (Å²) in [5.74, 6) is 1.57. The molecule has 1 N–H and O–H groups in total. The molecule has 0 aliphatic rings.